The lowest BCUT2D eigenvalue weighted by molar-refractivity contribution is 0.626. The first-order valence-electron chi connectivity index (χ1n) is 3.77. The van der Waals surface area contributed by atoms with Crippen LogP contribution in [0.3, 0.4) is 0 Å². The van der Waals surface area contributed by atoms with Crippen LogP contribution in [0.25, 0.3) is 0 Å². The molecule has 2 aliphatic rings. The molecule has 0 unspecified atom stereocenters. The zero-order chi connectivity index (χ0) is 7.84. The van der Waals surface area contributed by atoms with Gasteiger partial charge >= 0.3 is 0 Å². The number of allylic oxidation sites excluding steroid dienone is 1. The van der Waals surface area contributed by atoms with Crippen molar-refractivity contribution in [2.75, 3.05) is 0 Å². The lowest BCUT2D eigenvalue weighted by atomic mass is 9.98. The summed E-state index contributed by atoms with van der Waals surface area (Å²) in [5, 5.41) is 2.44. The second kappa shape index (κ2) is 2.40. The Bertz CT molecular complexity index is 273. The Hall–Kier alpha value is -0.720. The van der Waals surface area contributed by atoms with Crippen molar-refractivity contribution in [3.63, 3.8) is 0 Å². The van der Waals surface area contributed by atoms with Crippen molar-refractivity contribution in [2.24, 2.45) is 16.8 Å². The van der Waals surface area contributed by atoms with Gasteiger partial charge in [-0.05, 0) is 24.2 Å². The van der Waals surface area contributed by atoms with Crippen LogP contribution in [0.5, 0.6) is 0 Å². The number of aliphatic imine (C=N–C) groups is 1. The van der Waals surface area contributed by atoms with Gasteiger partial charge in [-0.1, -0.05) is 18.7 Å². The van der Waals surface area contributed by atoms with Crippen molar-refractivity contribution < 1.29 is 0 Å². The fourth-order valence-corrected chi connectivity index (χ4v) is 2.08. The minimum atomic E-state index is 0.238. The lowest BCUT2D eigenvalue weighted by Crippen LogP contribution is -2.12. The van der Waals surface area contributed by atoms with Crippen LogP contribution in [0.2, 0.25) is 0 Å². The first-order valence-corrected chi connectivity index (χ1v) is 4.17. The SMILES string of the molecule is C=C1[C@@H](N=C=S)[C@@H]2C=C[C@H]1C2. The molecule has 0 radical (unpaired) electrons. The number of isothiocyanates is 1. The normalized spacial score (nSPS) is 39.3. The molecule has 0 aromatic rings. The summed E-state index contributed by atoms with van der Waals surface area (Å²) >= 11 is 4.58. The molecule has 1 saturated carbocycles. The number of nitrogens with zero attached hydrogens (tertiary/aromatic N) is 1. The van der Waals surface area contributed by atoms with Crippen LogP contribution in [0.4, 0.5) is 0 Å². The van der Waals surface area contributed by atoms with Crippen LogP contribution >= 0.6 is 12.2 Å². The molecule has 2 heteroatoms. The van der Waals surface area contributed by atoms with Gasteiger partial charge in [0.1, 0.15) is 0 Å². The Labute approximate surface area is 71.5 Å². The van der Waals surface area contributed by atoms with Crippen molar-refractivity contribution in [2.45, 2.75) is 12.5 Å². The third kappa shape index (κ3) is 0.907. The molecule has 56 valence electrons. The van der Waals surface area contributed by atoms with Gasteiger partial charge in [-0.25, -0.2) is 4.99 Å². The van der Waals surface area contributed by atoms with E-state index in [0.717, 1.165) is 0 Å². The van der Waals surface area contributed by atoms with E-state index in [4.69, 9.17) is 0 Å². The van der Waals surface area contributed by atoms with E-state index in [9.17, 15) is 0 Å². The third-order valence-electron chi connectivity index (χ3n) is 2.57. The fraction of sp³-hybridized carbons (Fsp3) is 0.444. The summed E-state index contributed by atoms with van der Waals surface area (Å²) in [6, 6.07) is 0.238. The predicted molar refractivity (Wildman–Crippen MR) is 48.7 cm³/mol. The molecule has 3 atom stereocenters. The average molecular weight is 163 g/mol. The van der Waals surface area contributed by atoms with Crippen molar-refractivity contribution in [1.82, 2.24) is 0 Å². The van der Waals surface area contributed by atoms with E-state index in [1.165, 1.54) is 12.0 Å². The summed E-state index contributed by atoms with van der Waals surface area (Å²) in [6.45, 7) is 4.01. The second-order valence-corrected chi connectivity index (χ2v) is 3.31. The van der Waals surface area contributed by atoms with Gasteiger partial charge in [0.25, 0.3) is 0 Å². The van der Waals surface area contributed by atoms with E-state index in [1.807, 2.05) is 0 Å². The minimum absolute atomic E-state index is 0.238. The summed E-state index contributed by atoms with van der Waals surface area (Å²) in [5.41, 5.74) is 1.22. The van der Waals surface area contributed by atoms with E-state index >= 15 is 0 Å². The Kier molecular flexibility index (Phi) is 1.52. The molecule has 11 heavy (non-hydrogen) atoms. The van der Waals surface area contributed by atoms with Crippen molar-refractivity contribution in [3.05, 3.63) is 24.3 Å². The second-order valence-electron chi connectivity index (χ2n) is 3.13. The molecule has 0 spiro atoms. The summed E-state index contributed by atoms with van der Waals surface area (Å²) in [6.07, 6.45) is 5.63. The maximum Gasteiger partial charge on any atom is 0.0878 e. The molecule has 2 bridgehead atoms. The number of thiocarbonyl (C=S) groups is 1. The quantitative estimate of drug-likeness (QED) is 0.328. The Balaban J connectivity index is 2.31. The van der Waals surface area contributed by atoms with Gasteiger partial charge in [0, 0.05) is 11.8 Å². The molecular weight excluding hydrogens is 154 g/mol. The molecule has 0 aliphatic heterocycles. The molecule has 0 amide bonds. The maximum absolute atomic E-state index is 4.58. The van der Waals surface area contributed by atoms with Crippen LogP contribution in [-0.2, 0) is 0 Å². The molecule has 0 aromatic heterocycles. The van der Waals surface area contributed by atoms with E-state index in [2.05, 4.69) is 41.1 Å². The molecule has 1 fully saturated rings. The zero-order valence-electron chi connectivity index (χ0n) is 6.16. The van der Waals surface area contributed by atoms with Crippen LogP contribution < -0.4 is 0 Å². The Morgan fingerprint density at radius 1 is 1.64 bits per heavy atom. The van der Waals surface area contributed by atoms with Gasteiger partial charge < -0.3 is 0 Å². The predicted octanol–water partition coefficient (Wildman–Crippen LogP) is 2.22. The summed E-state index contributed by atoms with van der Waals surface area (Å²) in [5.74, 6) is 1.13. The van der Waals surface area contributed by atoms with Gasteiger partial charge in [-0.2, -0.15) is 0 Å². The van der Waals surface area contributed by atoms with Gasteiger partial charge in [0.05, 0.1) is 11.2 Å². The van der Waals surface area contributed by atoms with Gasteiger partial charge in [-0.15, -0.1) is 0 Å². The largest absolute Gasteiger partial charge is 0.224 e. The first kappa shape index (κ1) is 6.96. The number of hydrogen-bond acceptors (Lipinski definition) is 2. The van der Waals surface area contributed by atoms with Crippen molar-refractivity contribution in [3.8, 4) is 0 Å². The highest BCUT2D eigenvalue weighted by atomic mass is 32.1. The highest BCUT2D eigenvalue weighted by Crippen LogP contribution is 2.43. The average Bonchev–Trinajstić information content (AvgIpc) is 2.54. The molecule has 0 saturated heterocycles. The highest BCUT2D eigenvalue weighted by molar-refractivity contribution is 7.78. The van der Waals surface area contributed by atoms with Crippen LogP contribution in [-0.4, -0.2) is 11.2 Å². The molecule has 0 N–H and O–H groups in total. The standard InChI is InChI=1S/C9H9NS/c1-6-7-2-3-8(4-7)9(6)10-5-11/h2-3,7-9H,1,4H2/t7-,8+,9+/m0/s1. The topological polar surface area (TPSA) is 12.4 Å². The first-order chi connectivity index (χ1) is 5.33. The molecular formula is C9H9NS. The van der Waals surface area contributed by atoms with Crippen molar-refractivity contribution >= 4 is 17.4 Å². The Morgan fingerprint density at radius 3 is 3.00 bits per heavy atom. The summed E-state index contributed by atoms with van der Waals surface area (Å²) < 4.78 is 0. The van der Waals surface area contributed by atoms with Crippen LogP contribution in [0, 0.1) is 11.8 Å². The van der Waals surface area contributed by atoms with E-state index in [-0.39, 0.29) is 6.04 Å². The highest BCUT2D eigenvalue weighted by Gasteiger charge is 2.38. The number of hydrogen-bond donors (Lipinski definition) is 0. The number of fused-ring (bicyclic) bond motifs is 2. The summed E-state index contributed by atoms with van der Waals surface area (Å²) in [7, 11) is 0. The lowest BCUT2D eigenvalue weighted by Gasteiger charge is -2.13. The molecule has 2 aliphatic carbocycles. The Morgan fingerprint density at radius 2 is 2.45 bits per heavy atom. The molecule has 2 rings (SSSR count). The molecule has 1 nitrogen and oxygen atoms in total. The van der Waals surface area contributed by atoms with E-state index in [0.29, 0.717) is 11.8 Å². The third-order valence-corrected chi connectivity index (χ3v) is 2.68. The van der Waals surface area contributed by atoms with Crippen LogP contribution in [0.15, 0.2) is 29.3 Å². The van der Waals surface area contributed by atoms with Crippen LogP contribution in [0.1, 0.15) is 6.42 Å². The minimum Gasteiger partial charge on any atom is -0.224 e. The van der Waals surface area contributed by atoms with Crippen molar-refractivity contribution in [1.29, 1.82) is 0 Å². The fourth-order valence-electron chi connectivity index (χ4n) is 1.97. The smallest absolute Gasteiger partial charge is 0.0878 e. The zero-order valence-corrected chi connectivity index (χ0v) is 6.97. The summed E-state index contributed by atoms with van der Waals surface area (Å²) in [4.78, 5) is 4.10. The monoisotopic (exact) mass is 163 g/mol. The molecule has 0 aromatic carbocycles. The van der Waals surface area contributed by atoms with E-state index < -0.39 is 0 Å². The van der Waals surface area contributed by atoms with Gasteiger partial charge in [-0.3, -0.25) is 0 Å². The number of rotatable bonds is 1. The van der Waals surface area contributed by atoms with Gasteiger partial charge in [0.15, 0.2) is 0 Å². The van der Waals surface area contributed by atoms with Gasteiger partial charge in [0.2, 0.25) is 0 Å². The van der Waals surface area contributed by atoms with E-state index in [1.54, 1.807) is 0 Å². The molecule has 0 heterocycles. The maximum atomic E-state index is 4.58.